The molecule has 0 atom stereocenters. The van der Waals surface area contributed by atoms with E-state index in [0.717, 1.165) is 50.4 Å². The Hall–Kier alpha value is -2.41. The Morgan fingerprint density at radius 1 is 0.706 bits per heavy atom. The van der Waals surface area contributed by atoms with Crippen molar-refractivity contribution in [1.29, 1.82) is 0 Å². The van der Waals surface area contributed by atoms with E-state index >= 15 is 0 Å². The molecule has 0 saturated carbocycles. The third kappa shape index (κ3) is 7.83. The Morgan fingerprint density at radius 3 is 1.88 bits per heavy atom. The van der Waals surface area contributed by atoms with Crippen LogP contribution in [-0.4, -0.2) is 37.7 Å². The smallest absolute Gasteiger partial charge is 0.416 e. The highest BCUT2D eigenvalue weighted by Gasteiger charge is 2.30. The predicted octanol–water partition coefficient (Wildman–Crippen LogP) is 6.49. The van der Waals surface area contributed by atoms with Crippen LogP contribution in [0.25, 0.3) is 0 Å². The molecule has 0 amide bonds. The van der Waals surface area contributed by atoms with E-state index in [2.05, 4.69) is 58.3 Å². The van der Waals surface area contributed by atoms with Crippen LogP contribution in [0.15, 0.2) is 78.9 Å². The van der Waals surface area contributed by atoms with Crippen LogP contribution in [0.1, 0.15) is 16.7 Å². The fraction of sp³-hybridized carbons (Fsp3) is 0.308. The number of hydrogen-bond donors (Lipinski definition) is 0. The molecule has 34 heavy (non-hydrogen) atoms. The molecular weight excluding hydrogens is 484 g/mol. The fourth-order valence-corrected chi connectivity index (χ4v) is 3.90. The van der Waals surface area contributed by atoms with Gasteiger partial charge in [-0.2, -0.15) is 13.2 Å². The fourth-order valence-electron chi connectivity index (χ4n) is 3.90. The highest BCUT2D eigenvalue weighted by molar-refractivity contribution is 5.85. The minimum absolute atomic E-state index is 0. The van der Waals surface area contributed by atoms with E-state index in [4.69, 9.17) is 4.74 Å². The second-order valence-electron chi connectivity index (χ2n) is 8.04. The average molecular weight is 513 g/mol. The molecule has 1 heterocycles. The largest absolute Gasteiger partial charge is 0.493 e. The lowest BCUT2D eigenvalue weighted by molar-refractivity contribution is -0.137. The molecule has 0 unspecified atom stereocenters. The summed E-state index contributed by atoms with van der Waals surface area (Å²) in [6, 6.07) is 23.9. The van der Waals surface area contributed by atoms with E-state index in [0.29, 0.717) is 18.8 Å². The molecule has 3 nitrogen and oxygen atoms in total. The number of alkyl halides is 3. The number of anilines is 1. The van der Waals surface area contributed by atoms with E-state index in [1.54, 1.807) is 0 Å². The highest BCUT2D eigenvalue weighted by atomic mass is 35.5. The van der Waals surface area contributed by atoms with Crippen molar-refractivity contribution >= 4 is 30.5 Å². The molecule has 0 N–H and O–H groups in total. The van der Waals surface area contributed by atoms with Crippen molar-refractivity contribution in [3.63, 3.8) is 0 Å². The predicted molar refractivity (Wildman–Crippen MR) is 136 cm³/mol. The van der Waals surface area contributed by atoms with Gasteiger partial charge in [-0.25, -0.2) is 0 Å². The monoisotopic (exact) mass is 512 g/mol. The van der Waals surface area contributed by atoms with Gasteiger partial charge in [-0.05, 0) is 47.5 Å². The average Bonchev–Trinajstić information content (AvgIpc) is 2.81. The van der Waals surface area contributed by atoms with Gasteiger partial charge in [0.2, 0.25) is 0 Å². The molecule has 8 heteroatoms. The van der Waals surface area contributed by atoms with Gasteiger partial charge >= 0.3 is 6.18 Å². The van der Waals surface area contributed by atoms with Crippen LogP contribution >= 0.6 is 24.8 Å². The lowest BCUT2D eigenvalue weighted by atomic mass is 10.1. The van der Waals surface area contributed by atoms with Gasteiger partial charge in [0.05, 0.1) is 12.2 Å². The topological polar surface area (TPSA) is 15.7 Å². The first kappa shape index (κ1) is 27.8. The number of piperazine rings is 1. The Bertz CT molecular complexity index is 976. The van der Waals surface area contributed by atoms with E-state index in [1.165, 1.54) is 23.4 Å². The summed E-state index contributed by atoms with van der Waals surface area (Å²) in [6.45, 7) is 5.50. The summed E-state index contributed by atoms with van der Waals surface area (Å²) in [5.74, 6) is 0.448. The second kappa shape index (κ2) is 12.9. The van der Waals surface area contributed by atoms with E-state index < -0.39 is 11.7 Å². The number of benzene rings is 3. The van der Waals surface area contributed by atoms with E-state index in [1.807, 2.05) is 6.07 Å². The number of ether oxygens (including phenoxy) is 1. The van der Waals surface area contributed by atoms with Crippen molar-refractivity contribution in [2.24, 2.45) is 0 Å². The first-order valence-electron chi connectivity index (χ1n) is 10.9. The number of hydrogen-bond acceptors (Lipinski definition) is 3. The molecule has 0 aromatic heterocycles. The Balaban J connectivity index is 0.00000204. The van der Waals surface area contributed by atoms with Crippen LogP contribution in [-0.2, 0) is 19.1 Å². The Labute approximate surface area is 211 Å². The van der Waals surface area contributed by atoms with Crippen LogP contribution in [0.2, 0.25) is 0 Å². The molecule has 184 valence electrons. The standard InChI is InChI=1S/C26H27F3N2O.2ClH/c27-26(28,29)23-10-12-25(13-11-23)32-19-14-21-6-8-22(9-7-21)20-30-15-17-31(18-16-30)24-4-2-1-3-5-24;;/h1-13H,14-20H2;2*1H. The van der Waals surface area contributed by atoms with Crippen molar-refractivity contribution in [3.8, 4) is 5.75 Å². The maximum Gasteiger partial charge on any atom is 0.416 e. The molecular formula is C26H29Cl2F3N2O. The lowest BCUT2D eigenvalue weighted by Gasteiger charge is -2.36. The molecule has 3 aromatic rings. The first-order valence-corrected chi connectivity index (χ1v) is 10.9. The third-order valence-corrected chi connectivity index (χ3v) is 5.76. The third-order valence-electron chi connectivity index (χ3n) is 5.76. The molecule has 0 aliphatic carbocycles. The van der Waals surface area contributed by atoms with Crippen molar-refractivity contribution in [1.82, 2.24) is 4.90 Å². The van der Waals surface area contributed by atoms with Gasteiger partial charge < -0.3 is 9.64 Å². The van der Waals surface area contributed by atoms with Crippen LogP contribution in [0.3, 0.4) is 0 Å². The van der Waals surface area contributed by atoms with Gasteiger partial charge in [0.15, 0.2) is 0 Å². The van der Waals surface area contributed by atoms with Gasteiger partial charge in [0, 0.05) is 44.8 Å². The van der Waals surface area contributed by atoms with E-state index in [9.17, 15) is 13.2 Å². The summed E-state index contributed by atoms with van der Waals surface area (Å²) in [6.07, 6.45) is -3.62. The van der Waals surface area contributed by atoms with Gasteiger partial charge in [-0.1, -0.05) is 42.5 Å². The minimum Gasteiger partial charge on any atom is -0.493 e. The molecule has 1 aliphatic rings. The van der Waals surface area contributed by atoms with Crippen molar-refractivity contribution in [2.75, 3.05) is 37.7 Å². The van der Waals surface area contributed by atoms with Crippen LogP contribution in [0.5, 0.6) is 5.75 Å². The van der Waals surface area contributed by atoms with Crippen LogP contribution in [0.4, 0.5) is 18.9 Å². The van der Waals surface area contributed by atoms with E-state index in [-0.39, 0.29) is 24.8 Å². The maximum atomic E-state index is 12.6. The van der Waals surface area contributed by atoms with Crippen molar-refractivity contribution in [2.45, 2.75) is 19.1 Å². The maximum absolute atomic E-state index is 12.6. The molecule has 1 saturated heterocycles. The van der Waals surface area contributed by atoms with Gasteiger partial charge in [-0.3, -0.25) is 4.90 Å². The van der Waals surface area contributed by atoms with Crippen molar-refractivity contribution in [3.05, 3.63) is 95.6 Å². The summed E-state index contributed by atoms with van der Waals surface area (Å²) in [7, 11) is 0. The summed E-state index contributed by atoms with van der Waals surface area (Å²) in [4.78, 5) is 4.90. The van der Waals surface area contributed by atoms with Gasteiger partial charge in [-0.15, -0.1) is 24.8 Å². The zero-order valence-electron chi connectivity index (χ0n) is 18.7. The summed E-state index contributed by atoms with van der Waals surface area (Å²) < 4.78 is 43.4. The molecule has 1 aliphatic heterocycles. The lowest BCUT2D eigenvalue weighted by Crippen LogP contribution is -2.45. The Kier molecular flexibility index (Phi) is 10.5. The van der Waals surface area contributed by atoms with Crippen molar-refractivity contribution < 1.29 is 17.9 Å². The summed E-state index contributed by atoms with van der Waals surface area (Å²) in [5, 5.41) is 0. The zero-order valence-corrected chi connectivity index (χ0v) is 20.3. The number of nitrogens with zero attached hydrogens (tertiary/aromatic N) is 2. The molecule has 0 radical (unpaired) electrons. The SMILES string of the molecule is Cl.Cl.FC(F)(F)c1ccc(OCCc2ccc(CN3CCN(c4ccccc4)CC3)cc2)cc1. The Morgan fingerprint density at radius 2 is 1.29 bits per heavy atom. The normalized spacial score (nSPS) is 14.1. The van der Waals surface area contributed by atoms with Crippen LogP contribution < -0.4 is 9.64 Å². The molecule has 4 rings (SSSR count). The molecule has 0 bridgehead atoms. The number of para-hydroxylation sites is 1. The van der Waals surface area contributed by atoms with Gasteiger partial charge in [0.25, 0.3) is 0 Å². The van der Waals surface area contributed by atoms with Gasteiger partial charge in [0.1, 0.15) is 5.75 Å². The highest BCUT2D eigenvalue weighted by Crippen LogP contribution is 2.30. The second-order valence-corrected chi connectivity index (χ2v) is 8.04. The number of halogens is 5. The molecule has 3 aromatic carbocycles. The first-order chi connectivity index (χ1) is 15.5. The molecule has 1 fully saturated rings. The zero-order chi connectivity index (χ0) is 22.4. The minimum atomic E-state index is -4.32. The van der Waals surface area contributed by atoms with Crippen LogP contribution in [0, 0.1) is 0 Å². The summed E-state index contributed by atoms with van der Waals surface area (Å²) >= 11 is 0. The summed E-state index contributed by atoms with van der Waals surface area (Å²) in [5.41, 5.74) is 3.05. The molecule has 0 spiro atoms. The number of rotatable bonds is 7. The quantitative estimate of drug-likeness (QED) is 0.359.